The summed E-state index contributed by atoms with van der Waals surface area (Å²) < 4.78 is 5.04. The molecule has 1 spiro atoms. The summed E-state index contributed by atoms with van der Waals surface area (Å²) in [5, 5.41) is 3.46. The highest BCUT2D eigenvalue weighted by molar-refractivity contribution is 5.70. The van der Waals surface area contributed by atoms with Gasteiger partial charge < -0.3 is 19.9 Å². The number of anilines is 1. The first-order valence-electron chi connectivity index (χ1n) is 13.4. The predicted octanol–water partition coefficient (Wildman–Crippen LogP) is 3.68. The second-order valence-electron chi connectivity index (χ2n) is 11.0. The minimum absolute atomic E-state index is 0.0874. The quantitative estimate of drug-likeness (QED) is 0.456. The fraction of sp³-hybridized carbons (Fsp3) is 0.483. The number of hydrogen-bond acceptors (Lipinski definition) is 7. The van der Waals surface area contributed by atoms with Gasteiger partial charge in [-0.25, -0.2) is 9.97 Å². The Bertz CT molecular complexity index is 1240. The Morgan fingerprint density at radius 3 is 2.92 bits per heavy atom. The van der Waals surface area contributed by atoms with E-state index in [-0.39, 0.29) is 11.9 Å². The number of likely N-dealkylation sites (tertiary alicyclic amines) is 2. The van der Waals surface area contributed by atoms with Crippen LogP contribution in [0.2, 0.25) is 0 Å². The molecule has 0 bridgehead atoms. The molecule has 6 rings (SSSR count). The molecular formula is C29H36N6O2. The molecule has 194 valence electrons. The van der Waals surface area contributed by atoms with Crippen molar-refractivity contribution in [2.45, 2.75) is 38.1 Å². The van der Waals surface area contributed by atoms with Crippen LogP contribution in [0, 0.1) is 5.41 Å². The number of carbonyl (C=O) groups is 1. The fourth-order valence-electron chi connectivity index (χ4n) is 6.39. The molecule has 2 N–H and O–H groups in total. The van der Waals surface area contributed by atoms with Crippen LogP contribution in [0.5, 0.6) is 0 Å². The third kappa shape index (κ3) is 5.26. The Labute approximate surface area is 218 Å². The van der Waals surface area contributed by atoms with E-state index in [1.165, 1.54) is 25.5 Å². The van der Waals surface area contributed by atoms with Gasteiger partial charge in [-0.05, 0) is 49.1 Å². The predicted molar refractivity (Wildman–Crippen MR) is 143 cm³/mol. The van der Waals surface area contributed by atoms with Crippen molar-refractivity contribution in [1.82, 2.24) is 24.8 Å². The molecule has 2 fully saturated rings. The van der Waals surface area contributed by atoms with Crippen molar-refractivity contribution in [2.75, 3.05) is 51.7 Å². The SMILES string of the molecule is COC(=O)C[C@H](CN1CC2(CCN(Cc3ccc4c(n3)NCCC4)C2)C1)c1cccc(-c2ncc[nH]2)c1. The van der Waals surface area contributed by atoms with E-state index < -0.39 is 0 Å². The van der Waals surface area contributed by atoms with Gasteiger partial charge in [-0.15, -0.1) is 0 Å². The second-order valence-corrected chi connectivity index (χ2v) is 11.0. The molecule has 0 radical (unpaired) electrons. The number of aromatic nitrogens is 3. The number of aromatic amines is 1. The third-order valence-corrected chi connectivity index (χ3v) is 8.22. The first-order chi connectivity index (χ1) is 18.1. The summed E-state index contributed by atoms with van der Waals surface area (Å²) in [7, 11) is 1.47. The molecule has 0 saturated carbocycles. The van der Waals surface area contributed by atoms with Crippen LogP contribution in [0.3, 0.4) is 0 Å². The first kappa shape index (κ1) is 24.1. The van der Waals surface area contributed by atoms with Gasteiger partial charge >= 0.3 is 5.97 Å². The molecular weight excluding hydrogens is 464 g/mol. The minimum Gasteiger partial charge on any atom is -0.469 e. The van der Waals surface area contributed by atoms with E-state index in [2.05, 4.69) is 55.4 Å². The monoisotopic (exact) mass is 500 g/mol. The molecule has 1 atom stereocenters. The van der Waals surface area contributed by atoms with Crippen molar-refractivity contribution in [2.24, 2.45) is 5.41 Å². The molecule has 3 aromatic rings. The van der Waals surface area contributed by atoms with Gasteiger partial charge in [-0.2, -0.15) is 0 Å². The standard InChI is InChI=1S/C29H36N6O2/c1-37-26(36)15-24(22-4-2-5-23(14-22)27-31-11-12-32-27)16-35-19-29(20-35)9-13-34(18-29)17-25-8-7-21-6-3-10-30-28(21)33-25/h2,4-5,7-8,11-12,14,24H,3,6,9-10,13,15-20H2,1H3,(H,30,33)(H,31,32)/t24-/m1/s1. The number of pyridine rings is 1. The number of fused-ring (bicyclic) bond motifs is 1. The van der Waals surface area contributed by atoms with Crippen LogP contribution in [0.1, 0.15) is 42.0 Å². The molecule has 1 aromatic carbocycles. The zero-order chi connectivity index (χ0) is 25.2. The molecule has 0 amide bonds. The number of carbonyl (C=O) groups excluding carboxylic acids is 1. The van der Waals surface area contributed by atoms with Crippen molar-refractivity contribution in [3.8, 4) is 11.4 Å². The highest BCUT2D eigenvalue weighted by Crippen LogP contribution is 2.41. The largest absolute Gasteiger partial charge is 0.469 e. The van der Waals surface area contributed by atoms with E-state index in [1.807, 2.05) is 12.3 Å². The van der Waals surface area contributed by atoms with Gasteiger partial charge in [0.1, 0.15) is 11.6 Å². The van der Waals surface area contributed by atoms with Gasteiger partial charge in [0.25, 0.3) is 0 Å². The maximum absolute atomic E-state index is 12.3. The lowest BCUT2D eigenvalue weighted by atomic mass is 9.78. The van der Waals surface area contributed by atoms with Gasteiger partial charge in [-0.3, -0.25) is 9.69 Å². The summed E-state index contributed by atoms with van der Waals surface area (Å²) in [4.78, 5) is 29.8. The Kier molecular flexibility index (Phi) is 6.69. The molecule has 2 aromatic heterocycles. The highest BCUT2D eigenvalue weighted by atomic mass is 16.5. The van der Waals surface area contributed by atoms with E-state index in [1.54, 1.807) is 6.20 Å². The summed E-state index contributed by atoms with van der Waals surface area (Å²) >= 11 is 0. The molecule has 3 aliphatic rings. The molecule has 0 unspecified atom stereocenters. The lowest BCUT2D eigenvalue weighted by molar-refractivity contribution is -0.141. The summed E-state index contributed by atoms with van der Waals surface area (Å²) in [5.74, 6) is 1.85. The van der Waals surface area contributed by atoms with E-state index in [9.17, 15) is 4.79 Å². The fourth-order valence-corrected chi connectivity index (χ4v) is 6.39. The molecule has 0 aliphatic carbocycles. The second kappa shape index (κ2) is 10.3. The number of nitrogens with one attached hydrogen (secondary N) is 2. The number of imidazole rings is 1. The maximum atomic E-state index is 12.3. The number of hydrogen-bond donors (Lipinski definition) is 2. The van der Waals surface area contributed by atoms with Crippen LogP contribution in [0.4, 0.5) is 5.82 Å². The van der Waals surface area contributed by atoms with E-state index in [4.69, 9.17) is 9.72 Å². The molecule has 3 aliphatic heterocycles. The number of H-pyrrole nitrogens is 1. The summed E-state index contributed by atoms with van der Waals surface area (Å²) in [5.41, 5.74) is 5.06. The summed E-state index contributed by atoms with van der Waals surface area (Å²) in [6.07, 6.45) is 7.51. The van der Waals surface area contributed by atoms with Crippen LogP contribution in [-0.4, -0.2) is 77.1 Å². The molecule has 5 heterocycles. The van der Waals surface area contributed by atoms with Crippen molar-refractivity contribution in [3.05, 3.63) is 65.6 Å². The number of rotatable bonds is 8. The number of methoxy groups -OCH3 is 1. The topological polar surface area (TPSA) is 86.4 Å². The van der Waals surface area contributed by atoms with E-state index in [0.29, 0.717) is 11.8 Å². The highest BCUT2D eigenvalue weighted by Gasteiger charge is 2.47. The molecule has 8 heteroatoms. The van der Waals surface area contributed by atoms with Crippen LogP contribution in [0.15, 0.2) is 48.8 Å². The van der Waals surface area contributed by atoms with Crippen molar-refractivity contribution in [1.29, 1.82) is 0 Å². The van der Waals surface area contributed by atoms with Gasteiger partial charge in [0.2, 0.25) is 0 Å². The molecule has 8 nitrogen and oxygen atoms in total. The zero-order valence-corrected chi connectivity index (χ0v) is 21.6. The Hall–Kier alpha value is -3.23. The van der Waals surface area contributed by atoms with Crippen molar-refractivity contribution < 1.29 is 9.53 Å². The first-order valence-corrected chi connectivity index (χ1v) is 13.4. The molecule has 37 heavy (non-hydrogen) atoms. The zero-order valence-electron chi connectivity index (χ0n) is 21.6. The Morgan fingerprint density at radius 2 is 2.08 bits per heavy atom. The summed E-state index contributed by atoms with van der Waals surface area (Å²) in [6.45, 7) is 7.20. The van der Waals surface area contributed by atoms with Crippen molar-refractivity contribution in [3.63, 3.8) is 0 Å². The summed E-state index contributed by atoms with van der Waals surface area (Å²) in [6, 6.07) is 12.8. The third-order valence-electron chi connectivity index (χ3n) is 8.22. The number of ether oxygens (including phenoxy) is 1. The van der Waals surface area contributed by atoms with Crippen molar-refractivity contribution >= 4 is 11.8 Å². The maximum Gasteiger partial charge on any atom is 0.306 e. The Balaban J connectivity index is 1.08. The lowest BCUT2D eigenvalue weighted by Gasteiger charge is -2.49. The normalized spacial score (nSPS) is 19.7. The number of aryl methyl sites for hydroxylation is 1. The van der Waals surface area contributed by atoms with Crippen LogP contribution in [0.25, 0.3) is 11.4 Å². The Morgan fingerprint density at radius 1 is 1.19 bits per heavy atom. The number of nitrogens with zero attached hydrogens (tertiary/aromatic N) is 4. The average Bonchev–Trinajstić information content (AvgIpc) is 3.59. The lowest BCUT2D eigenvalue weighted by Crippen LogP contribution is -2.58. The van der Waals surface area contributed by atoms with Gasteiger partial charge in [0.05, 0.1) is 19.2 Å². The average molecular weight is 501 g/mol. The molecule has 2 saturated heterocycles. The van der Waals surface area contributed by atoms with Gasteiger partial charge in [0, 0.05) is 68.6 Å². The number of benzene rings is 1. The number of esters is 1. The van der Waals surface area contributed by atoms with Crippen LogP contribution in [-0.2, 0) is 22.5 Å². The minimum atomic E-state index is -0.164. The van der Waals surface area contributed by atoms with Gasteiger partial charge in [0.15, 0.2) is 0 Å². The van der Waals surface area contributed by atoms with E-state index in [0.717, 1.165) is 80.7 Å². The van der Waals surface area contributed by atoms with Crippen LogP contribution < -0.4 is 5.32 Å². The van der Waals surface area contributed by atoms with Gasteiger partial charge in [-0.1, -0.05) is 24.3 Å². The van der Waals surface area contributed by atoms with E-state index >= 15 is 0 Å². The smallest absolute Gasteiger partial charge is 0.306 e. The van der Waals surface area contributed by atoms with Crippen LogP contribution >= 0.6 is 0 Å².